The zero-order chi connectivity index (χ0) is 12.5. The average molecular weight is 259 g/mol. The molecule has 0 amide bonds. The van der Waals surface area contributed by atoms with Crippen LogP contribution < -0.4 is 5.32 Å². The Bertz CT molecular complexity index is 352. The molecule has 2 aliphatic carbocycles. The molecule has 0 aromatic carbocycles. The van der Waals surface area contributed by atoms with E-state index in [1.165, 1.54) is 31.9 Å². The lowest BCUT2D eigenvalue weighted by molar-refractivity contribution is 0.259. The van der Waals surface area contributed by atoms with Gasteiger partial charge >= 0.3 is 0 Å². The number of hydrogen-bond donors (Lipinski definition) is 1. The van der Waals surface area contributed by atoms with Crippen LogP contribution in [0.1, 0.15) is 51.9 Å². The molecule has 2 saturated carbocycles. The van der Waals surface area contributed by atoms with E-state index in [1.807, 2.05) is 0 Å². The van der Waals surface area contributed by atoms with E-state index in [9.17, 15) is 8.42 Å². The molecular weight excluding hydrogens is 234 g/mol. The Kier molecular flexibility index (Phi) is 4.14. The molecule has 0 radical (unpaired) electrons. The molecule has 4 atom stereocenters. The van der Waals surface area contributed by atoms with Gasteiger partial charge in [0, 0.05) is 18.3 Å². The third-order valence-electron chi connectivity index (χ3n) is 4.54. The maximum Gasteiger partial charge on any atom is 0.151 e. The molecule has 0 aromatic heterocycles. The van der Waals surface area contributed by atoms with Crippen LogP contribution in [0.4, 0.5) is 0 Å². The molecule has 1 N–H and O–H groups in total. The molecule has 0 saturated heterocycles. The molecule has 0 bridgehead atoms. The van der Waals surface area contributed by atoms with Crippen molar-refractivity contribution in [3.8, 4) is 0 Å². The number of rotatable bonds is 3. The molecule has 4 heteroatoms. The van der Waals surface area contributed by atoms with Crippen LogP contribution in [0.3, 0.4) is 0 Å². The van der Waals surface area contributed by atoms with Gasteiger partial charge in [0.2, 0.25) is 0 Å². The van der Waals surface area contributed by atoms with E-state index >= 15 is 0 Å². The number of sulfone groups is 1. The van der Waals surface area contributed by atoms with Crippen LogP contribution in [0.25, 0.3) is 0 Å². The summed E-state index contributed by atoms with van der Waals surface area (Å²) in [5.41, 5.74) is 0. The Morgan fingerprint density at radius 2 is 1.59 bits per heavy atom. The lowest BCUT2D eigenvalue weighted by Gasteiger charge is -2.33. The highest BCUT2D eigenvalue weighted by atomic mass is 32.2. The summed E-state index contributed by atoms with van der Waals surface area (Å²) in [6.45, 7) is 2.29. The van der Waals surface area contributed by atoms with Crippen LogP contribution in [0.5, 0.6) is 0 Å². The molecule has 2 rings (SSSR count). The summed E-state index contributed by atoms with van der Waals surface area (Å²) in [6, 6.07) is 0.742. The van der Waals surface area contributed by atoms with E-state index in [-0.39, 0.29) is 11.3 Å². The molecule has 3 nitrogen and oxygen atoms in total. The fraction of sp³-hybridized carbons (Fsp3) is 1.00. The van der Waals surface area contributed by atoms with Crippen LogP contribution in [-0.2, 0) is 9.84 Å². The average Bonchev–Trinajstić information content (AvgIpc) is 2.69. The Balaban J connectivity index is 1.98. The Morgan fingerprint density at radius 3 is 2.24 bits per heavy atom. The lowest BCUT2D eigenvalue weighted by atomic mass is 9.85. The van der Waals surface area contributed by atoms with E-state index in [0.29, 0.717) is 12.0 Å². The van der Waals surface area contributed by atoms with Crippen LogP contribution in [0.15, 0.2) is 0 Å². The van der Waals surface area contributed by atoms with Gasteiger partial charge in [0.25, 0.3) is 0 Å². The standard InChI is InChI=1S/C13H25NO2S/c1-10-6-3-4-7-11(10)14-12-8-5-9-13(12)17(2,15)16/h10-14H,3-9H2,1-2H3. The van der Waals surface area contributed by atoms with Gasteiger partial charge in [-0.2, -0.15) is 0 Å². The Hall–Kier alpha value is -0.0900. The van der Waals surface area contributed by atoms with Gasteiger partial charge in [-0.15, -0.1) is 0 Å². The molecule has 0 aliphatic heterocycles. The van der Waals surface area contributed by atoms with Gasteiger partial charge in [-0.05, 0) is 31.6 Å². The maximum atomic E-state index is 11.7. The Labute approximate surface area is 105 Å². The van der Waals surface area contributed by atoms with Crippen LogP contribution in [-0.4, -0.2) is 32.0 Å². The molecule has 2 fully saturated rings. The first kappa shape index (κ1) is 13.3. The second-order valence-electron chi connectivity index (χ2n) is 5.94. The summed E-state index contributed by atoms with van der Waals surface area (Å²) in [7, 11) is -2.88. The van der Waals surface area contributed by atoms with Gasteiger partial charge in [0.15, 0.2) is 9.84 Å². The van der Waals surface area contributed by atoms with Crippen molar-refractivity contribution in [2.24, 2.45) is 5.92 Å². The smallest absolute Gasteiger partial charge is 0.151 e. The summed E-state index contributed by atoms with van der Waals surface area (Å²) in [6.07, 6.45) is 9.44. The molecule has 0 aromatic rings. The summed E-state index contributed by atoms with van der Waals surface area (Å²) >= 11 is 0. The third-order valence-corrected chi connectivity index (χ3v) is 6.21. The quantitative estimate of drug-likeness (QED) is 0.844. The first-order valence-electron chi connectivity index (χ1n) is 6.93. The normalized spacial score (nSPS) is 39.4. The fourth-order valence-corrected chi connectivity index (χ4v) is 4.87. The maximum absolute atomic E-state index is 11.7. The second-order valence-corrected chi connectivity index (χ2v) is 8.20. The monoisotopic (exact) mass is 259 g/mol. The van der Waals surface area contributed by atoms with Crippen molar-refractivity contribution < 1.29 is 8.42 Å². The minimum absolute atomic E-state index is 0.142. The fourth-order valence-electron chi connectivity index (χ4n) is 3.47. The first-order chi connectivity index (χ1) is 7.98. The van der Waals surface area contributed by atoms with E-state index in [2.05, 4.69) is 12.2 Å². The molecule has 2 aliphatic rings. The van der Waals surface area contributed by atoms with Gasteiger partial charge in [-0.1, -0.05) is 26.2 Å². The van der Waals surface area contributed by atoms with Crippen molar-refractivity contribution in [1.82, 2.24) is 5.32 Å². The third kappa shape index (κ3) is 3.22. The first-order valence-corrected chi connectivity index (χ1v) is 8.89. The SMILES string of the molecule is CC1CCCCC1NC1CCCC1S(C)(=O)=O. The highest BCUT2D eigenvalue weighted by Crippen LogP contribution is 2.29. The van der Waals surface area contributed by atoms with Crippen LogP contribution in [0.2, 0.25) is 0 Å². The predicted molar refractivity (Wildman–Crippen MR) is 70.8 cm³/mol. The molecule has 17 heavy (non-hydrogen) atoms. The minimum atomic E-state index is -2.88. The van der Waals surface area contributed by atoms with E-state index < -0.39 is 9.84 Å². The number of nitrogens with one attached hydrogen (secondary N) is 1. The zero-order valence-electron chi connectivity index (χ0n) is 11.0. The van der Waals surface area contributed by atoms with Gasteiger partial charge in [-0.3, -0.25) is 0 Å². The van der Waals surface area contributed by atoms with Crippen molar-refractivity contribution in [3.05, 3.63) is 0 Å². The van der Waals surface area contributed by atoms with Gasteiger partial charge in [-0.25, -0.2) is 8.42 Å². The lowest BCUT2D eigenvalue weighted by Crippen LogP contribution is -2.48. The van der Waals surface area contributed by atoms with E-state index in [1.54, 1.807) is 0 Å². The zero-order valence-corrected chi connectivity index (χ0v) is 11.8. The van der Waals surface area contributed by atoms with E-state index in [4.69, 9.17) is 0 Å². The topological polar surface area (TPSA) is 46.2 Å². The predicted octanol–water partition coefficient (Wildman–Crippen LogP) is 2.12. The van der Waals surface area contributed by atoms with Crippen molar-refractivity contribution in [1.29, 1.82) is 0 Å². The largest absolute Gasteiger partial charge is 0.310 e. The van der Waals surface area contributed by atoms with Crippen LogP contribution in [0, 0.1) is 5.92 Å². The molecule has 100 valence electrons. The molecule has 0 spiro atoms. The minimum Gasteiger partial charge on any atom is -0.310 e. The van der Waals surface area contributed by atoms with E-state index in [0.717, 1.165) is 19.3 Å². The highest BCUT2D eigenvalue weighted by molar-refractivity contribution is 7.91. The molecule has 4 unspecified atom stereocenters. The van der Waals surface area contributed by atoms with Gasteiger partial charge < -0.3 is 5.32 Å². The van der Waals surface area contributed by atoms with Gasteiger partial charge in [0.05, 0.1) is 5.25 Å². The summed E-state index contributed by atoms with van der Waals surface area (Å²) in [5.74, 6) is 0.699. The van der Waals surface area contributed by atoms with Crippen molar-refractivity contribution in [3.63, 3.8) is 0 Å². The van der Waals surface area contributed by atoms with Crippen LogP contribution >= 0.6 is 0 Å². The number of hydrogen-bond acceptors (Lipinski definition) is 3. The summed E-state index contributed by atoms with van der Waals surface area (Å²) < 4.78 is 23.5. The van der Waals surface area contributed by atoms with Crippen molar-refractivity contribution >= 4 is 9.84 Å². The highest BCUT2D eigenvalue weighted by Gasteiger charge is 2.36. The molecular formula is C13H25NO2S. The van der Waals surface area contributed by atoms with Crippen molar-refractivity contribution in [2.45, 2.75) is 69.2 Å². The summed E-state index contributed by atoms with van der Waals surface area (Å²) in [5, 5.41) is 3.50. The van der Waals surface area contributed by atoms with Gasteiger partial charge in [0.1, 0.15) is 0 Å². The molecule has 0 heterocycles. The second kappa shape index (κ2) is 5.27. The summed E-state index contributed by atoms with van der Waals surface area (Å²) in [4.78, 5) is 0. The Morgan fingerprint density at radius 1 is 0.941 bits per heavy atom. The van der Waals surface area contributed by atoms with Crippen molar-refractivity contribution in [2.75, 3.05) is 6.26 Å².